The number of benzene rings is 1. The fourth-order valence-corrected chi connectivity index (χ4v) is 2.82. The van der Waals surface area contributed by atoms with Crippen LogP contribution < -0.4 is 10.3 Å². The molecule has 0 atom stereocenters. The molecule has 6 heteroatoms. The van der Waals surface area contributed by atoms with Crippen LogP contribution in [0.1, 0.15) is 5.69 Å². The minimum atomic E-state index is -0.455. The van der Waals surface area contributed by atoms with Crippen molar-refractivity contribution in [2.75, 3.05) is 0 Å². The van der Waals surface area contributed by atoms with Crippen LogP contribution in [0.2, 0.25) is 0 Å². The molecular weight excluding hydrogens is 274 g/mol. The largest absolute Gasteiger partial charge is 0.419 e. The molecule has 0 saturated heterocycles. The van der Waals surface area contributed by atoms with E-state index < -0.39 is 5.63 Å². The van der Waals surface area contributed by atoms with E-state index in [-0.39, 0.29) is 5.69 Å². The summed E-state index contributed by atoms with van der Waals surface area (Å²) < 4.78 is 10.3. The fourth-order valence-electron chi connectivity index (χ4n) is 2.07. The maximum Gasteiger partial charge on any atom is 0.364 e. The third-order valence-electron chi connectivity index (χ3n) is 3.00. The third kappa shape index (κ3) is 1.65. The van der Waals surface area contributed by atoms with Gasteiger partial charge in [-0.1, -0.05) is 12.1 Å². The maximum absolute atomic E-state index is 12.1. The van der Waals surface area contributed by atoms with Crippen molar-refractivity contribution in [3.05, 3.63) is 70.5 Å². The van der Waals surface area contributed by atoms with E-state index in [0.717, 1.165) is 5.70 Å². The van der Waals surface area contributed by atoms with Gasteiger partial charge in [-0.05, 0) is 30.4 Å². The predicted octanol–water partition coefficient (Wildman–Crippen LogP) is 2.21. The second kappa shape index (κ2) is 4.28. The smallest absolute Gasteiger partial charge is 0.364 e. The van der Waals surface area contributed by atoms with Crippen LogP contribution >= 0.6 is 12.1 Å². The predicted molar refractivity (Wildman–Crippen MR) is 76.7 cm³/mol. The second-order valence-electron chi connectivity index (χ2n) is 4.22. The van der Waals surface area contributed by atoms with Crippen LogP contribution in [0, 0.1) is 6.08 Å². The maximum atomic E-state index is 12.1. The molecule has 5 nitrogen and oxygen atoms in total. The molecule has 20 heavy (non-hydrogen) atoms. The van der Waals surface area contributed by atoms with Crippen molar-refractivity contribution in [3.63, 3.8) is 0 Å². The Balaban J connectivity index is 1.95. The quantitative estimate of drug-likeness (QED) is 0.809. The highest BCUT2D eigenvalue weighted by Gasteiger charge is 2.26. The summed E-state index contributed by atoms with van der Waals surface area (Å²) >= 11 is 1.37. The van der Waals surface area contributed by atoms with Gasteiger partial charge in [0, 0.05) is 6.20 Å². The summed E-state index contributed by atoms with van der Waals surface area (Å²) in [6, 6.07) is 7.21. The van der Waals surface area contributed by atoms with Crippen molar-refractivity contribution in [3.8, 4) is 0 Å². The van der Waals surface area contributed by atoms with Gasteiger partial charge in [-0.25, -0.2) is 9.78 Å². The highest BCUT2D eigenvalue weighted by Crippen LogP contribution is 2.33. The monoisotopic (exact) mass is 282 g/mol. The Morgan fingerprint density at radius 3 is 3.20 bits per heavy atom. The number of fused-ring (bicyclic) bond motifs is 2. The molecule has 97 valence electrons. The summed E-state index contributed by atoms with van der Waals surface area (Å²) in [6.45, 7) is 0. The molecular formula is C14H8N3O2S. The Morgan fingerprint density at radius 1 is 1.35 bits per heavy atom. The molecule has 0 amide bonds. The van der Waals surface area contributed by atoms with Crippen molar-refractivity contribution in [1.29, 1.82) is 0 Å². The number of hydrogen-bond acceptors (Lipinski definition) is 6. The number of rotatable bonds is 1. The lowest BCUT2D eigenvalue weighted by Crippen LogP contribution is -2.14. The summed E-state index contributed by atoms with van der Waals surface area (Å²) in [5.74, 6) is 0. The lowest BCUT2D eigenvalue weighted by molar-refractivity contribution is 0.551. The van der Waals surface area contributed by atoms with Gasteiger partial charge in [0.05, 0.1) is 17.8 Å². The number of nitrogens with zero attached hydrogens (tertiary/aromatic N) is 2. The molecule has 3 heterocycles. The van der Waals surface area contributed by atoms with Gasteiger partial charge in [0.25, 0.3) is 0 Å². The van der Waals surface area contributed by atoms with E-state index in [1.54, 1.807) is 18.2 Å². The van der Waals surface area contributed by atoms with Crippen LogP contribution in [-0.4, -0.2) is 9.29 Å². The number of nitrogens with one attached hydrogen (secondary N) is 1. The Morgan fingerprint density at radius 2 is 2.25 bits per heavy atom. The van der Waals surface area contributed by atoms with E-state index in [0.29, 0.717) is 16.8 Å². The van der Waals surface area contributed by atoms with Gasteiger partial charge in [-0.3, -0.25) is 4.31 Å². The van der Waals surface area contributed by atoms with E-state index in [1.165, 1.54) is 12.1 Å². The molecule has 2 aromatic rings. The van der Waals surface area contributed by atoms with Crippen LogP contribution in [0.5, 0.6) is 0 Å². The highest BCUT2D eigenvalue weighted by atomic mass is 32.2. The molecule has 1 radical (unpaired) electrons. The normalized spacial score (nSPS) is 16.7. The molecule has 1 N–H and O–H groups in total. The Kier molecular flexibility index (Phi) is 2.43. The zero-order valence-electron chi connectivity index (χ0n) is 10.2. The van der Waals surface area contributed by atoms with Gasteiger partial charge in [0.1, 0.15) is 11.2 Å². The molecule has 4 rings (SSSR count). The molecule has 1 aromatic carbocycles. The van der Waals surface area contributed by atoms with E-state index in [2.05, 4.69) is 15.8 Å². The van der Waals surface area contributed by atoms with Crippen molar-refractivity contribution < 1.29 is 4.42 Å². The zero-order chi connectivity index (χ0) is 13.5. The van der Waals surface area contributed by atoms with Crippen LogP contribution in [-0.2, 0) is 0 Å². The van der Waals surface area contributed by atoms with Crippen LogP contribution in [0.3, 0.4) is 0 Å². The SMILES string of the molecule is O=c1oc2ccccc2nc1C1=C2C=[C]C=CN2SN1. The van der Waals surface area contributed by atoms with Gasteiger partial charge in [-0.15, -0.1) is 0 Å². The van der Waals surface area contributed by atoms with Crippen molar-refractivity contribution >= 4 is 28.9 Å². The number of aromatic nitrogens is 1. The first-order valence-electron chi connectivity index (χ1n) is 5.95. The summed E-state index contributed by atoms with van der Waals surface area (Å²) in [4.78, 5) is 16.5. The molecule has 0 aliphatic carbocycles. The Labute approximate surface area is 118 Å². The first kappa shape index (κ1) is 11.4. The summed E-state index contributed by atoms with van der Waals surface area (Å²) in [6.07, 6.45) is 8.46. The Hall–Kier alpha value is -2.47. The van der Waals surface area contributed by atoms with Crippen LogP contribution in [0.4, 0.5) is 0 Å². The van der Waals surface area contributed by atoms with Crippen molar-refractivity contribution in [1.82, 2.24) is 14.0 Å². The van der Waals surface area contributed by atoms with E-state index in [4.69, 9.17) is 4.42 Å². The molecule has 1 aromatic heterocycles. The van der Waals surface area contributed by atoms with Gasteiger partial charge >= 0.3 is 5.63 Å². The standard InChI is InChI=1S/C14H8N3O2S/c18-14-13(15-9-5-1-2-7-11(9)19-14)12-10-6-3-4-8-17(10)20-16-12/h1-2,4-8,16H. The molecule has 2 aliphatic rings. The summed E-state index contributed by atoms with van der Waals surface area (Å²) in [5.41, 5.74) is 2.45. The third-order valence-corrected chi connectivity index (χ3v) is 3.81. The molecule has 0 unspecified atom stereocenters. The highest BCUT2D eigenvalue weighted by molar-refractivity contribution is 7.95. The van der Waals surface area contributed by atoms with Gasteiger partial charge in [0.2, 0.25) is 0 Å². The van der Waals surface area contributed by atoms with Gasteiger partial charge in [-0.2, -0.15) is 0 Å². The van der Waals surface area contributed by atoms with Crippen LogP contribution in [0.25, 0.3) is 16.8 Å². The molecule has 2 aliphatic heterocycles. The van der Waals surface area contributed by atoms with E-state index >= 15 is 0 Å². The van der Waals surface area contributed by atoms with Gasteiger partial charge < -0.3 is 9.14 Å². The van der Waals surface area contributed by atoms with E-state index in [1.807, 2.05) is 28.7 Å². The van der Waals surface area contributed by atoms with Crippen molar-refractivity contribution in [2.24, 2.45) is 0 Å². The average molecular weight is 282 g/mol. The minimum Gasteiger partial charge on any atom is -0.419 e. The summed E-state index contributed by atoms with van der Waals surface area (Å²) in [5, 5.41) is 0. The molecule has 0 saturated carbocycles. The molecule has 0 fully saturated rings. The topological polar surface area (TPSA) is 58.4 Å². The van der Waals surface area contributed by atoms with Crippen molar-refractivity contribution in [2.45, 2.75) is 0 Å². The summed E-state index contributed by atoms with van der Waals surface area (Å²) in [7, 11) is 0. The fraction of sp³-hybridized carbons (Fsp3) is 0. The first-order chi connectivity index (χ1) is 9.83. The zero-order valence-corrected chi connectivity index (χ0v) is 11.0. The minimum absolute atomic E-state index is 0.280. The first-order valence-corrected chi connectivity index (χ1v) is 6.73. The lowest BCUT2D eigenvalue weighted by atomic mass is 10.2. The van der Waals surface area contributed by atoms with Crippen LogP contribution in [0.15, 0.2) is 57.5 Å². The van der Waals surface area contributed by atoms with E-state index in [9.17, 15) is 4.79 Å². The molecule has 0 bridgehead atoms. The molecule has 0 spiro atoms. The second-order valence-corrected chi connectivity index (χ2v) is 5.00. The number of para-hydroxylation sites is 2. The number of hydrogen-bond donors (Lipinski definition) is 1. The average Bonchev–Trinajstić information content (AvgIpc) is 2.90. The van der Waals surface area contributed by atoms with Gasteiger partial charge in [0.15, 0.2) is 11.3 Å². The number of allylic oxidation sites excluding steroid dienone is 3. The lowest BCUT2D eigenvalue weighted by Gasteiger charge is -2.12. The Bertz CT molecular complexity index is 851.